The number of rotatable bonds is 6. The molecule has 0 fully saturated rings. The number of nitrogens with zero attached hydrogens (tertiary/aromatic N) is 2. The number of hydrogen-bond donors (Lipinski definition) is 3. The molecule has 0 aliphatic carbocycles. The summed E-state index contributed by atoms with van der Waals surface area (Å²) in [5, 5.41) is 2.17. The van der Waals surface area contributed by atoms with E-state index in [-0.39, 0.29) is 17.4 Å². The number of urea groups is 1. The summed E-state index contributed by atoms with van der Waals surface area (Å²) in [6.07, 6.45) is 1.13. The van der Waals surface area contributed by atoms with Crippen molar-refractivity contribution in [2.75, 3.05) is 19.2 Å². The Labute approximate surface area is 159 Å². The van der Waals surface area contributed by atoms with E-state index < -0.39 is 37.8 Å². The van der Waals surface area contributed by atoms with Crippen LogP contribution in [0.5, 0.6) is 0 Å². The van der Waals surface area contributed by atoms with Gasteiger partial charge < -0.3 is 10.6 Å². The fourth-order valence-electron chi connectivity index (χ4n) is 2.22. The van der Waals surface area contributed by atoms with Gasteiger partial charge in [0, 0.05) is 19.8 Å². The number of amides is 2. The van der Waals surface area contributed by atoms with E-state index in [1.807, 2.05) is 13.8 Å². The number of benzene rings is 1. The van der Waals surface area contributed by atoms with Crippen molar-refractivity contribution in [3.63, 3.8) is 0 Å². The normalized spacial score (nSPS) is 12.9. The number of hydrogen-bond acceptors (Lipinski definition) is 6. The summed E-state index contributed by atoms with van der Waals surface area (Å²) in [6.45, 7) is 3.86. The van der Waals surface area contributed by atoms with Crippen molar-refractivity contribution >= 4 is 31.9 Å². The smallest absolute Gasteiger partial charge is 0.324 e. The predicted molar refractivity (Wildman–Crippen MR) is 102 cm³/mol. The Bertz CT molecular complexity index is 939. The van der Waals surface area contributed by atoms with Crippen LogP contribution in [0.25, 0.3) is 0 Å². The summed E-state index contributed by atoms with van der Waals surface area (Å²) in [4.78, 5) is 16.8. The van der Waals surface area contributed by atoms with Crippen LogP contribution in [0.15, 0.2) is 28.1 Å². The van der Waals surface area contributed by atoms with Gasteiger partial charge in [-0.2, -0.15) is 8.42 Å². The van der Waals surface area contributed by atoms with Gasteiger partial charge in [-0.25, -0.2) is 18.2 Å². The number of sulfone groups is 1. The highest BCUT2D eigenvalue weighted by Crippen LogP contribution is 2.25. The summed E-state index contributed by atoms with van der Waals surface area (Å²) in [5.74, 6) is -1.43. The molecule has 152 valence electrons. The second-order valence-electron chi connectivity index (χ2n) is 6.34. The van der Waals surface area contributed by atoms with Crippen LogP contribution in [-0.2, 0) is 26.5 Å². The summed E-state index contributed by atoms with van der Waals surface area (Å²) in [7, 11) is -6.33. The number of carbonyl (C=O) groups is 1. The van der Waals surface area contributed by atoms with E-state index in [1.54, 1.807) is 12.1 Å². The molecule has 1 aromatic carbocycles. The molecule has 1 rings (SSSR count). The van der Waals surface area contributed by atoms with E-state index >= 15 is 0 Å². The molecule has 0 atom stereocenters. The molecule has 0 aromatic heterocycles. The van der Waals surface area contributed by atoms with E-state index in [4.69, 9.17) is 10.3 Å². The maximum absolute atomic E-state index is 12.1. The lowest BCUT2D eigenvalue weighted by molar-refractivity contribution is 0.212. The highest BCUT2D eigenvalue weighted by Gasteiger charge is 2.18. The van der Waals surface area contributed by atoms with Crippen LogP contribution in [0, 0.1) is 0 Å². The molecule has 27 heavy (non-hydrogen) atoms. The van der Waals surface area contributed by atoms with E-state index in [0.29, 0.717) is 11.1 Å². The quantitative estimate of drug-likeness (QED) is 0.343. The van der Waals surface area contributed by atoms with Crippen molar-refractivity contribution in [2.45, 2.75) is 31.2 Å². The Morgan fingerprint density at radius 1 is 1.30 bits per heavy atom. The maximum atomic E-state index is 12.1. The molecule has 2 amide bonds. The fraction of sp³-hybridized carbons (Fsp3) is 0.467. The largest absolute Gasteiger partial charge is 0.370 e. The van der Waals surface area contributed by atoms with Crippen LogP contribution in [0.2, 0.25) is 0 Å². The van der Waals surface area contributed by atoms with Crippen LogP contribution in [-0.4, -0.2) is 57.5 Å². The Hall–Kier alpha value is -2.18. The first-order valence-electron chi connectivity index (χ1n) is 7.80. The maximum Gasteiger partial charge on any atom is 0.324 e. The average Bonchev–Trinajstić information content (AvgIpc) is 2.51. The lowest BCUT2D eigenvalue weighted by atomic mass is 10.0. The third-order valence-corrected chi connectivity index (χ3v) is 5.11. The SMILES string of the molecule is CC(C)c1ccc(CN(C)C(=O)NC(N)=NCS(=O)(=O)O)cc1S(C)(=O)=O. The monoisotopic (exact) mass is 420 g/mol. The lowest BCUT2D eigenvalue weighted by Crippen LogP contribution is -2.44. The molecule has 0 unspecified atom stereocenters. The summed E-state index contributed by atoms with van der Waals surface area (Å²) in [6, 6.07) is 4.28. The van der Waals surface area contributed by atoms with Crippen molar-refractivity contribution in [2.24, 2.45) is 10.7 Å². The molecule has 4 N–H and O–H groups in total. The van der Waals surface area contributed by atoms with Gasteiger partial charge in [0.2, 0.25) is 0 Å². The number of aliphatic imine (C=N–C) groups is 1. The van der Waals surface area contributed by atoms with E-state index in [9.17, 15) is 21.6 Å². The van der Waals surface area contributed by atoms with Gasteiger partial charge in [-0.15, -0.1) is 0 Å². The zero-order valence-electron chi connectivity index (χ0n) is 15.5. The standard InChI is InChI=1S/C15H24N4O6S2/c1-10(2)12-6-5-11(7-13(12)26(4,21)22)8-19(3)15(20)18-14(16)17-9-27(23,24)25/h5-7,10H,8-9H2,1-4H3,(H,23,24,25)(H3,16,17,18,20). The highest BCUT2D eigenvalue weighted by molar-refractivity contribution is 7.90. The van der Waals surface area contributed by atoms with Gasteiger partial charge in [0.25, 0.3) is 10.1 Å². The second kappa shape index (κ2) is 8.67. The third-order valence-electron chi connectivity index (χ3n) is 3.50. The average molecular weight is 421 g/mol. The molecule has 0 saturated heterocycles. The minimum atomic E-state index is -4.34. The zero-order valence-corrected chi connectivity index (χ0v) is 17.1. The van der Waals surface area contributed by atoms with Gasteiger partial charge in [0.1, 0.15) is 0 Å². The number of carbonyl (C=O) groups excluding carboxylic acids is 1. The Morgan fingerprint density at radius 2 is 1.89 bits per heavy atom. The van der Waals surface area contributed by atoms with Crippen LogP contribution < -0.4 is 11.1 Å². The number of guanidine groups is 1. The molecular weight excluding hydrogens is 396 g/mol. The van der Waals surface area contributed by atoms with Gasteiger partial charge in [-0.1, -0.05) is 26.0 Å². The first-order valence-corrected chi connectivity index (χ1v) is 11.3. The first-order chi connectivity index (χ1) is 12.2. The third kappa shape index (κ3) is 7.53. The van der Waals surface area contributed by atoms with E-state index in [2.05, 4.69) is 10.3 Å². The minimum absolute atomic E-state index is 0.0172. The topological polar surface area (TPSA) is 159 Å². The molecule has 10 nitrogen and oxygen atoms in total. The van der Waals surface area contributed by atoms with Crippen LogP contribution in [0.1, 0.15) is 30.9 Å². The van der Waals surface area contributed by atoms with Gasteiger partial charge in [-0.05, 0) is 23.1 Å². The predicted octanol–water partition coefficient (Wildman–Crippen LogP) is 0.515. The van der Waals surface area contributed by atoms with E-state index in [1.165, 1.54) is 18.0 Å². The Kier molecular flexibility index (Phi) is 7.34. The summed E-state index contributed by atoms with van der Waals surface area (Å²) >= 11 is 0. The molecule has 0 bridgehead atoms. The molecule has 0 saturated carbocycles. The van der Waals surface area contributed by atoms with Crippen LogP contribution in [0.3, 0.4) is 0 Å². The van der Waals surface area contributed by atoms with E-state index in [0.717, 1.165) is 6.26 Å². The van der Waals surface area contributed by atoms with Crippen LogP contribution >= 0.6 is 0 Å². The molecule has 1 aromatic rings. The molecule has 0 radical (unpaired) electrons. The zero-order chi connectivity index (χ0) is 21.0. The molecule has 0 spiro atoms. The molecule has 0 heterocycles. The molecule has 12 heteroatoms. The van der Waals surface area contributed by atoms with Gasteiger partial charge in [0.15, 0.2) is 21.7 Å². The first kappa shape index (κ1) is 22.9. The van der Waals surface area contributed by atoms with Gasteiger partial charge in [0.05, 0.1) is 4.90 Å². The van der Waals surface area contributed by atoms with Gasteiger partial charge in [-0.3, -0.25) is 9.87 Å². The molecular formula is C15H24N4O6S2. The Balaban J connectivity index is 2.93. The Morgan fingerprint density at radius 3 is 2.37 bits per heavy atom. The minimum Gasteiger partial charge on any atom is -0.370 e. The van der Waals surface area contributed by atoms with Crippen molar-refractivity contribution in [3.05, 3.63) is 29.3 Å². The van der Waals surface area contributed by atoms with Crippen molar-refractivity contribution in [1.29, 1.82) is 0 Å². The van der Waals surface area contributed by atoms with Crippen molar-refractivity contribution in [3.8, 4) is 0 Å². The fourth-order valence-corrected chi connectivity index (χ4v) is 3.62. The molecule has 0 aliphatic heterocycles. The summed E-state index contributed by atoms with van der Waals surface area (Å²) < 4.78 is 53.9. The van der Waals surface area contributed by atoms with Crippen LogP contribution in [0.4, 0.5) is 4.79 Å². The highest BCUT2D eigenvalue weighted by atomic mass is 32.2. The second-order valence-corrected chi connectivity index (χ2v) is 9.75. The molecule has 0 aliphatic rings. The van der Waals surface area contributed by atoms with Gasteiger partial charge >= 0.3 is 6.03 Å². The number of nitrogens with one attached hydrogen (secondary N) is 1. The lowest BCUT2D eigenvalue weighted by Gasteiger charge is -2.19. The van der Waals surface area contributed by atoms with Crippen molar-refractivity contribution < 1.29 is 26.2 Å². The summed E-state index contributed by atoms with van der Waals surface area (Å²) in [5.41, 5.74) is 6.66. The number of nitrogens with two attached hydrogens (primary N) is 1. The van der Waals surface area contributed by atoms with Crippen molar-refractivity contribution in [1.82, 2.24) is 10.2 Å².